The van der Waals surface area contributed by atoms with Crippen LogP contribution < -0.4 is 10.5 Å². The molecule has 2 atom stereocenters. The van der Waals surface area contributed by atoms with Crippen molar-refractivity contribution in [3.05, 3.63) is 29.6 Å². The molecule has 0 saturated carbocycles. The summed E-state index contributed by atoms with van der Waals surface area (Å²) in [6, 6.07) is 5.25. The zero-order valence-corrected chi connectivity index (χ0v) is 12.3. The molecule has 1 rings (SSSR count). The minimum absolute atomic E-state index is 0.0933. The monoisotopic (exact) mass is 267 g/mol. The van der Waals surface area contributed by atoms with Gasteiger partial charge in [0.05, 0.1) is 6.61 Å². The number of ether oxygens (including phenoxy) is 1. The second kappa shape index (κ2) is 8.16. The minimum atomic E-state index is -0.287. The predicted molar refractivity (Wildman–Crippen MR) is 77.9 cm³/mol. The lowest BCUT2D eigenvalue weighted by Gasteiger charge is -2.14. The summed E-state index contributed by atoms with van der Waals surface area (Å²) < 4.78 is 19.4. The number of rotatable bonds is 8. The molecule has 0 amide bonds. The van der Waals surface area contributed by atoms with Crippen LogP contribution in [0.5, 0.6) is 5.75 Å². The van der Waals surface area contributed by atoms with Gasteiger partial charge in [-0.2, -0.15) is 0 Å². The van der Waals surface area contributed by atoms with Crippen molar-refractivity contribution in [2.45, 2.75) is 52.5 Å². The van der Waals surface area contributed by atoms with Gasteiger partial charge in [-0.05, 0) is 42.9 Å². The summed E-state index contributed by atoms with van der Waals surface area (Å²) in [6.45, 7) is 6.87. The van der Waals surface area contributed by atoms with Gasteiger partial charge in [0.15, 0.2) is 11.6 Å². The summed E-state index contributed by atoms with van der Waals surface area (Å²) in [4.78, 5) is 0. The van der Waals surface area contributed by atoms with Crippen LogP contribution in [0, 0.1) is 11.7 Å². The molecule has 1 aromatic carbocycles. The van der Waals surface area contributed by atoms with Gasteiger partial charge in [0.25, 0.3) is 0 Å². The van der Waals surface area contributed by atoms with Gasteiger partial charge in [-0.15, -0.1) is 0 Å². The van der Waals surface area contributed by atoms with Gasteiger partial charge in [0.1, 0.15) is 0 Å². The van der Waals surface area contributed by atoms with Gasteiger partial charge < -0.3 is 10.5 Å². The van der Waals surface area contributed by atoms with E-state index in [0.717, 1.165) is 24.8 Å². The van der Waals surface area contributed by atoms with Crippen molar-refractivity contribution < 1.29 is 9.13 Å². The molecule has 1 aromatic rings. The fourth-order valence-electron chi connectivity index (χ4n) is 2.04. The number of hydrogen-bond donors (Lipinski definition) is 1. The smallest absolute Gasteiger partial charge is 0.165 e. The summed E-state index contributed by atoms with van der Waals surface area (Å²) >= 11 is 0. The van der Waals surface area contributed by atoms with Gasteiger partial charge >= 0.3 is 0 Å². The largest absolute Gasteiger partial charge is 0.490 e. The first kappa shape index (κ1) is 16.0. The Bertz CT molecular complexity index is 381. The van der Waals surface area contributed by atoms with Crippen molar-refractivity contribution in [3.63, 3.8) is 0 Å². The first-order valence-electron chi connectivity index (χ1n) is 7.23. The fraction of sp³-hybridized carbons (Fsp3) is 0.625. The molecule has 0 aliphatic rings. The lowest BCUT2D eigenvalue weighted by molar-refractivity contribution is 0.241. The Morgan fingerprint density at radius 2 is 2.05 bits per heavy atom. The van der Waals surface area contributed by atoms with Crippen LogP contribution in [0.4, 0.5) is 4.39 Å². The Labute approximate surface area is 116 Å². The van der Waals surface area contributed by atoms with E-state index < -0.39 is 0 Å². The summed E-state index contributed by atoms with van der Waals surface area (Å²) in [5, 5.41) is 0. The molecule has 0 spiro atoms. The van der Waals surface area contributed by atoms with Gasteiger partial charge in [-0.3, -0.25) is 0 Å². The molecule has 0 radical (unpaired) electrons. The van der Waals surface area contributed by atoms with Crippen LogP contribution in [0.25, 0.3) is 0 Å². The van der Waals surface area contributed by atoms with Crippen LogP contribution in [0.2, 0.25) is 0 Å². The van der Waals surface area contributed by atoms with Crippen molar-refractivity contribution in [3.8, 4) is 5.75 Å². The Morgan fingerprint density at radius 1 is 1.32 bits per heavy atom. The Morgan fingerprint density at radius 3 is 2.63 bits per heavy atom. The van der Waals surface area contributed by atoms with Crippen molar-refractivity contribution in [2.75, 3.05) is 6.61 Å². The zero-order chi connectivity index (χ0) is 14.3. The molecule has 0 heterocycles. The van der Waals surface area contributed by atoms with Crippen molar-refractivity contribution >= 4 is 0 Å². The second-order valence-corrected chi connectivity index (χ2v) is 5.34. The zero-order valence-electron chi connectivity index (χ0n) is 12.3. The predicted octanol–water partition coefficient (Wildman–Crippen LogP) is 3.92. The van der Waals surface area contributed by atoms with E-state index in [-0.39, 0.29) is 11.9 Å². The van der Waals surface area contributed by atoms with Crippen LogP contribution in [0.1, 0.15) is 45.6 Å². The lowest BCUT2D eigenvalue weighted by Crippen LogP contribution is -2.21. The van der Waals surface area contributed by atoms with E-state index in [4.69, 9.17) is 10.5 Å². The molecular formula is C16H26FNO. The second-order valence-electron chi connectivity index (χ2n) is 5.34. The third-order valence-corrected chi connectivity index (χ3v) is 3.32. The number of hydrogen-bond acceptors (Lipinski definition) is 2. The summed E-state index contributed by atoms with van der Waals surface area (Å²) in [5.41, 5.74) is 6.80. The molecule has 0 aliphatic heterocycles. The standard InChI is InChI=1S/C16H26FNO/c1-4-6-12(3)11-19-16-8-7-13(10-15(16)17)9-14(18)5-2/h7-8,10,12,14H,4-6,9,11,18H2,1-3H3. The maximum absolute atomic E-state index is 13.9. The van der Waals surface area contributed by atoms with Crippen LogP contribution in [-0.4, -0.2) is 12.6 Å². The number of nitrogens with two attached hydrogens (primary N) is 1. The highest BCUT2D eigenvalue weighted by atomic mass is 19.1. The summed E-state index contributed by atoms with van der Waals surface area (Å²) in [7, 11) is 0. The Hall–Kier alpha value is -1.09. The Balaban J connectivity index is 2.57. The van der Waals surface area contributed by atoms with Crippen LogP contribution in [0.3, 0.4) is 0 Å². The lowest BCUT2D eigenvalue weighted by atomic mass is 10.0. The van der Waals surface area contributed by atoms with Gasteiger partial charge in [0.2, 0.25) is 0 Å². The molecule has 2 unspecified atom stereocenters. The van der Waals surface area contributed by atoms with E-state index in [1.54, 1.807) is 6.07 Å². The third kappa shape index (κ3) is 5.60. The maximum Gasteiger partial charge on any atom is 0.165 e. The van der Waals surface area contributed by atoms with E-state index >= 15 is 0 Å². The highest BCUT2D eigenvalue weighted by Crippen LogP contribution is 2.20. The molecular weight excluding hydrogens is 241 g/mol. The molecule has 0 fully saturated rings. The fourth-order valence-corrected chi connectivity index (χ4v) is 2.04. The molecule has 0 aliphatic carbocycles. The molecule has 0 bridgehead atoms. The van der Waals surface area contributed by atoms with E-state index in [1.807, 2.05) is 13.0 Å². The van der Waals surface area contributed by atoms with Crippen molar-refractivity contribution in [1.29, 1.82) is 0 Å². The average Bonchev–Trinajstić information content (AvgIpc) is 2.38. The molecule has 2 N–H and O–H groups in total. The molecule has 0 saturated heterocycles. The van der Waals surface area contributed by atoms with Crippen LogP contribution in [-0.2, 0) is 6.42 Å². The first-order valence-corrected chi connectivity index (χ1v) is 7.23. The van der Waals surface area contributed by atoms with E-state index in [9.17, 15) is 4.39 Å². The van der Waals surface area contributed by atoms with E-state index in [0.29, 0.717) is 24.7 Å². The number of benzene rings is 1. The summed E-state index contributed by atoms with van der Waals surface area (Å²) in [5.74, 6) is 0.513. The molecule has 3 heteroatoms. The van der Waals surface area contributed by atoms with E-state index in [2.05, 4.69) is 13.8 Å². The SMILES string of the molecule is CCCC(C)COc1ccc(CC(N)CC)cc1F. The molecule has 108 valence electrons. The minimum Gasteiger partial charge on any atom is -0.490 e. The van der Waals surface area contributed by atoms with Crippen LogP contribution >= 0.6 is 0 Å². The quantitative estimate of drug-likeness (QED) is 0.774. The van der Waals surface area contributed by atoms with Crippen molar-refractivity contribution in [1.82, 2.24) is 0 Å². The Kier molecular flexibility index (Phi) is 6.85. The number of halogens is 1. The third-order valence-electron chi connectivity index (χ3n) is 3.32. The van der Waals surface area contributed by atoms with Crippen LogP contribution in [0.15, 0.2) is 18.2 Å². The first-order chi connectivity index (χ1) is 9.06. The molecule has 19 heavy (non-hydrogen) atoms. The highest BCUT2D eigenvalue weighted by molar-refractivity contribution is 5.29. The molecule has 2 nitrogen and oxygen atoms in total. The summed E-state index contributed by atoms with van der Waals surface area (Å²) in [6.07, 6.45) is 3.83. The normalized spacial score (nSPS) is 14.2. The van der Waals surface area contributed by atoms with Gasteiger partial charge in [0, 0.05) is 6.04 Å². The topological polar surface area (TPSA) is 35.2 Å². The van der Waals surface area contributed by atoms with Gasteiger partial charge in [-0.1, -0.05) is 33.3 Å². The molecule has 0 aromatic heterocycles. The maximum atomic E-state index is 13.9. The highest BCUT2D eigenvalue weighted by Gasteiger charge is 2.09. The van der Waals surface area contributed by atoms with Crippen molar-refractivity contribution in [2.24, 2.45) is 11.7 Å². The van der Waals surface area contributed by atoms with E-state index in [1.165, 1.54) is 6.07 Å². The average molecular weight is 267 g/mol. The van der Waals surface area contributed by atoms with Gasteiger partial charge in [-0.25, -0.2) is 4.39 Å².